The highest BCUT2D eigenvalue weighted by Crippen LogP contribution is 2.17. The van der Waals surface area contributed by atoms with Crippen LogP contribution >= 0.6 is 0 Å². The second-order valence-corrected chi connectivity index (χ2v) is 5.19. The standard InChI is InChI=1S/C18H18N2O4/c1-13(15-6-10-17(24-2)11-7-15)19-18(21)12-5-14-3-8-16(9-4-14)20(22)23/h3-13H,1-2H3,(H,19,21)/b12-5+/t13-/m0/s1. The molecule has 0 spiro atoms. The molecule has 124 valence electrons. The van der Waals surface area contributed by atoms with Crippen LogP contribution in [-0.2, 0) is 4.79 Å². The van der Waals surface area contributed by atoms with Crippen LogP contribution in [0.1, 0.15) is 24.1 Å². The number of nitro groups is 1. The summed E-state index contributed by atoms with van der Waals surface area (Å²) in [6.07, 6.45) is 3.01. The Morgan fingerprint density at radius 2 is 1.79 bits per heavy atom. The Morgan fingerprint density at radius 1 is 1.17 bits per heavy atom. The number of ether oxygens (including phenoxy) is 1. The number of carbonyl (C=O) groups is 1. The van der Waals surface area contributed by atoms with Crippen molar-refractivity contribution in [3.63, 3.8) is 0 Å². The molecule has 6 heteroatoms. The highest BCUT2D eigenvalue weighted by Gasteiger charge is 2.08. The van der Waals surface area contributed by atoms with Gasteiger partial charge in [0.15, 0.2) is 0 Å². The molecule has 1 amide bonds. The van der Waals surface area contributed by atoms with Gasteiger partial charge >= 0.3 is 0 Å². The van der Waals surface area contributed by atoms with Crippen molar-refractivity contribution in [1.82, 2.24) is 5.32 Å². The molecule has 0 bridgehead atoms. The largest absolute Gasteiger partial charge is 0.497 e. The molecule has 6 nitrogen and oxygen atoms in total. The van der Waals surface area contributed by atoms with Crippen molar-refractivity contribution < 1.29 is 14.5 Å². The number of hydrogen-bond acceptors (Lipinski definition) is 4. The molecule has 0 aliphatic carbocycles. The Morgan fingerprint density at radius 3 is 2.33 bits per heavy atom. The van der Waals surface area contributed by atoms with Gasteiger partial charge in [-0.25, -0.2) is 0 Å². The second-order valence-electron chi connectivity index (χ2n) is 5.19. The van der Waals surface area contributed by atoms with Crippen LogP contribution < -0.4 is 10.1 Å². The van der Waals surface area contributed by atoms with E-state index in [1.54, 1.807) is 25.3 Å². The fraction of sp³-hybridized carbons (Fsp3) is 0.167. The molecule has 0 heterocycles. The maximum Gasteiger partial charge on any atom is 0.269 e. The van der Waals surface area contributed by atoms with Crippen molar-refractivity contribution in [2.24, 2.45) is 0 Å². The van der Waals surface area contributed by atoms with E-state index in [0.717, 1.165) is 11.3 Å². The van der Waals surface area contributed by atoms with Gasteiger partial charge in [-0.15, -0.1) is 0 Å². The van der Waals surface area contributed by atoms with E-state index in [0.29, 0.717) is 5.56 Å². The molecule has 0 radical (unpaired) electrons. The van der Waals surface area contributed by atoms with Crippen LogP contribution in [0.2, 0.25) is 0 Å². The Labute approximate surface area is 139 Å². The maximum atomic E-state index is 12.0. The smallest absolute Gasteiger partial charge is 0.269 e. The predicted octanol–water partition coefficient (Wildman–Crippen LogP) is 3.49. The Balaban J connectivity index is 1.94. The monoisotopic (exact) mass is 326 g/mol. The van der Waals surface area contributed by atoms with Crippen molar-refractivity contribution in [1.29, 1.82) is 0 Å². The molecule has 0 unspecified atom stereocenters. The van der Waals surface area contributed by atoms with Gasteiger partial charge in [0, 0.05) is 18.2 Å². The average Bonchev–Trinajstić information content (AvgIpc) is 2.60. The number of hydrogen-bond donors (Lipinski definition) is 1. The normalized spacial score (nSPS) is 11.9. The molecule has 0 saturated heterocycles. The van der Waals surface area contributed by atoms with E-state index in [1.807, 2.05) is 31.2 Å². The van der Waals surface area contributed by atoms with Gasteiger partial charge in [0.1, 0.15) is 5.75 Å². The van der Waals surface area contributed by atoms with Crippen LogP contribution in [0.15, 0.2) is 54.6 Å². The molecule has 24 heavy (non-hydrogen) atoms. The van der Waals surface area contributed by atoms with Crippen LogP contribution in [0.4, 0.5) is 5.69 Å². The first-order valence-electron chi connectivity index (χ1n) is 7.36. The fourth-order valence-corrected chi connectivity index (χ4v) is 2.12. The van der Waals surface area contributed by atoms with Crippen molar-refractivity contribution in [2.75, 3.05) is 7.11 Å². The number of rotatable bonds is 6. The van der Waals surface area contributed by atoms with Gasteiger partial charge in [0.2, 0.25) is 5.91 Å². The third-order valence-corrected chi connectivity index (χ3v) is 3.51. The third kappa shape index (κ3) is 4.67. The van der Waals surface area contributed by atoms with Crippen molar-refractivity contribution in [3.8, 4) is 5.75 Å². The molecule has 0 aliphatic rings. The maximum absolute atomic E-state index is 12.0. The lowest BCUT2D eigenvalue weighted by atomic mass is 10.1. The molecule has 0 fully saturated rings. The highest BCUT2D eigenvalue weighted by molar-refractivity contribution is 5.92. The van der Waals surface area contributed by atoms with Crippen molar-refractivity contribution in [3.05, 3.63) is 75.8 Å². The highest BCUT2D eigenvalue weighted by atomic mass is 16.6. The van der Waals surface area contributed by atoms with E-state index >= 15 is 0 Å². The van der Waals surface area contributed by atoms with E-state index in [2.05, 4.69) is 5.32 Å². The summed E-state index contributed by atoms with van der Waals surface area (Å²) < 4.78 is 5.10. The van der Waals surface area contributed by atoms with E-state index in [4.69, 9.17) is 4.74 Å². The molecule has 2 aromatic rings. The summed E-state index contributed by atoms with van der Waals surface area (Å²) in [6, 6.07) is 13.3. The summed E-state index contributed by atoms with van der Waals surface area (Å²) in [7, 11) is 1.60. The first-order chi connectivity index (χ1) is 11.5. The summed E-state index contributed by atoms with van der Waals surface area (Å²) in [6.45, 7) is 1.89. The number of methoxy groups -OCH3 is 1. The number of nitrogens with one attached hydrogen (secondary N) is 1. The van der Waals surface area contributed by atoms with Crippen molar-refractivity contribution >= 4 is 17.7 Å². The second kappa shape index (κ2) is 7.92. The van der Waals surface area contributed by atoms with Crippen LogP contribution in [-0.4, -0.2) is 17.9 Å². The van der Waals surface area contributed by atoms with Gasteiger partial charge in [0.05, 0.1) is 18.1 Å². The average molecular weight is 326 g/mol. The van der Waals surface area contributed by atoms with Crippen LogP contribution in [0.5, 0.6) is 5.75 Å². The molecule has 2 aromatic carbocycles. The molecule has 2 rings (SSSR count). The van der Waals surface area contributed by atoms with E-state index in [1.165, 1.54) is 18.2 Å². The van der Waals surface area contributed by atoms with E-state index in [-0.39, 0.29) is 17.6 Å². The molecular weight excluding hydrogens is 308 g/mol. The van der Waals surface area contributed by atoms with Crippen molar-refractivity contribution in [2.45, 2.75) is 13.0 Å². The summed E-state index contributed by atoms with van der Waals surface area (Å²) in [5.41, 5.74) is 1.70. The minimum Gasteiger partial charge on any atom is -0.497 e. The summed E-state index contributed by atoms with van der Waals surface area (Å²) in [4.78, 5) is 22.1. The van der Waals surface area contributed by atoms with Gasteiger partial charge in [0.25, 0.3) is 5.69 Å². The molecule has 0 saturated carbocycles. The Kier molecular flexibility index (Phi) is 5.68. The summed E-state index contributed by atoms with van der Waals surface area (Å²) >= 11 is 0. The fourth-order valence-electron chi connectivity index (χ4n) is 2.12. The first kappa shape index (κ1) is 17.2. The van der Waals surface area contributed by atoms with Gasteiger partial charge in [-0.3, -0.25) is 14.9 Å². The number of non-ortho nitro benzene ring substituents is 1. The minimum absolute atomic E-state index is 0.0183. The summed E-state index contributed by atoms with van der Waals surface area (Å²) in [5, 5.41) is 13.4. The SMILES string of the molecule is COc1ccc([C@H](C)NC(=O)/C=C/c2ccc([N+](=O)[O-])cc2)cc1. The lowest BCUT2D eigenvalue weighted by molar-refractivity contribution is -0.384. The lowest BCUT2D eigenvalue weighted by Crippen LogP contribution is -2.24. The number of benzene rings is 2. The minimum atomic E-state index is -0.462. The first-order valence-corrected chi connectivity index (χ1v) is 7.36. The zero-order valence-electron chi connectivity index (χ0n) is 13.4. The number of nitrogens with zero attached hydrogens (tertiary/aromatic N) is 1. The Hall–Kier alpha value is -3.15. The number of nitro benzene ring substituents is 1. The van der Waals surface area contributed by atoms with Gasteiger partial charge in [-0.05, 0) is 48.4 Å². The van der Waals surface area contributed by atoms with E-state index < -0.39 is 4.92 Å². The van der Waals surface area contributed by atoms with E-state index in [9.17, 15) is 14.9 Å². The van der Waals surface area contributed by atoms with Crippen LogP contribution in [0.25, 0.3) is 6.08 Å². The number of amides is 1. The number of carbonyl (C=O) groups excluding carboxylic acids is 1. The zero-order valence-corrected chi connectivity index (χ0v) is 13.4. The zero-order chi connectivity index (χ0) is 17.5. The van der Waals surface area contributed by atoms with Crippen LogP contribution in [0.3, 0.4) is 0 Å². The molecule has 0 aromatic heterocycles. The van der Waals surface area contributed by atoms with Gasteiger partial charge in [-0.1, -0.05) is 12.1 Å². The topological polar surface area (TPSA) is 81.5 Å². The Bertz CT molecular complexity index is 737. The van der Waals surface area contributed by atoms with Gasteiger partial charge in [-0.2, -0.15) is 0 Å². The molecular formula is C18H18N2O4. The third-order valence-electron chi connectivity index (χ3n) is 3.51. The predicted molar refractivity (Wildman–Crippen MR) is 91.7 cm³/mol. The van der Waals surface area contributed by atoms with Gasteiger partial charge < -0.3 is 10.1 Å². The molecule has 0 aliphatic heterocycles. The lowest BCUT2D eigenvalue weighted by Gasteiger charge is -2.13. The molecule has 1 atom stereocenters. The summed E-state index contributed by atoms with van der Waals surface area (Å²) in [5.74, 6) is 0.520. The van der Waals surface area contributed by atoms with Crippen LogP contribution in [0, 0.1) is 10.1 Å². The quantitative estimate of drug-likeness (QED) is 0.500. The molecule has 1 N–H and O–H groups in total.